The van der Waals surface area contributed by atoms with Crippen molar-refractivity contribution in [1.29, 1.82) is 0 Å². The molecule has 7 nitrogen and oxygen atoms in total. The number of β-lactam (4-membered cyclic amide) rings is 1. The summed E-state index contributed by atoms with van der Waals surface area (Å²) in [7, 11) is 1.40. The van der Waals surface area contributed by atoms with Gasteiger partial charge in [-0.1, -0.05) is 60.7 Å². The molecule has 2 amide bonds. The number of ether oxygens (including phenoxy) is 2. The van der Waals surface area contributed by atoms with Crippen molar-refractivity contribution in [2.24, 2.45) is 0 Å². The van der Waals surface area contributed by atoms with E-state index < -0.39 is 33.8 Å². The fraction of sp³-hybridized carbons (Fsp3) is 0.375. The molecule has 2 aliphatic rings. The molecular formula is C24H26N2O5S. The number of esters is 1. The zero-order valence-corrected chi connectivity index (χ0v) is 19.1. The summed E-state index contributed by atoms with van der Waals surface area (Å²) in [6.07, 6.45) is 0.128. The van der Waals surface area contributed by atoms with E-state index in [1.807, 2.05) is 74.5 Å². The summed E-state index contributed by atoms with van der Waals surface area (Å²) in [5.74, 6) is -1.23. The molecule has 0 radical (unpaired) electrons. The van der Waals surface area contributed by atoms with Crippen LogP contribution in [0.2, 0.25) is 0 Å². The molecule has 2 aromatic rings. The van der Waals surface area contributed by atoms with Gasteiger partial charge >= 0.3 is 5.97 Å². The maximum absolute atomic E-state index is 13.2. The zero-order chi connectivity index (χ0) is 22.9. The van der Waals surface area contributed by atoms with Gasteiger partial charge in [0.25, 0.3) is 11.6 Å². The van der Waals surface area contributed by atoms with Crippen molar-refractivity contribution >= 4 is 29.5 Å². The molecule has 2 aromatic carbocycles. The van der Waals surface area contributed by atoms with Crippen LogP contribution in [-0.2, 0) is 36.9 Å². The SMILES string of the molecule is CO[C@]1(NC(=O)Cc2ccccc2)C(=O)N2[C@@H](C(=O)OCc3ccccc3)C(C)(C)S[C@@H]21. The molecule has 1 N–H and O–H groups in total. The number of benzene rings is 2. The van der Waals surface area contributed by atoms with Gasteiger partial charge in [-0.25, -0.2) is 4.79 Å². The van der Waals surface area contributed by atoms with Crippen LogP contribution in [0.15, 0.2) is 60.7 Å². The van der Waals surface area contributed by atoms with E-state index in [1.165, 1.54) is 23.8 Å². The van der Waals surface area contributed by atoms with Gasteiger partial charge in [-0.05, 0) is 25.0 Å². The van der Waals surface area contributed by atoms with Crippen molar-refractivity contribution in [3.63, 3.8) is 0 Å². The first-order valence-corrected chi connectivity index (χ1v) is 11.3. The average molecular weight is 455 g/mol. The molecule has 2 saturated heterocycles. The number of methoxy groups -OCH3 is 1. The first-order valence-electron chi connectivity index (χ1n) is 10.4. The predicted molar refractivity (Wildman–Crippen MR) is 120 cm³/mol. The smallest absolute Gasteiger partial charge is 0.330 e. The number of amides is 2. The van der Waals surface area contributed by atoms with Gasteiger partial charge in [-0.3, -0.25) is 9.59 Å². The summed E-state index contributed by atoms with van der Waals surface area (Å²) in [4.78, 5) is 40.4. The number of hydrogen-bond acceptors (Lipinski definition) is 6. The second-order valence-corrected chi connectivity index (χ2v) is 10.2. The van der Waals surface area contributed by atoms with Crippen molar-refractivity contribution < 1.29 is 23.9 Å². The van der Waals surface area contributed by atoms with Crippen molar-refractivity contribution in [2.45, 2.75) is 48.8 Å². The van der Waals surface area contributed by atoms with E-state index in [1.54, 1.807) is 0 Å². The van der Waals surface area contributed by atoms with Crippen LogP contribution in [0.4, 0.5) is 0 Å². The summed E-state index contributed by atoms with van der Waals surface area (Å²) in [5, 5.41) is 2.25. The number of carbonyl (C=O) groups is 3. The van der Waals surface area contributed by atoms with Crippen molar-refractivity contribution in [3.05, 3.63) is 71.8 Å². The molecule has 0 bridgehead atoms. The number of nitrogens with zero attached hydrogens (tertiary/aromatic N) is 1. The Hall–Kier alpha value is -2.84. The Balaban J connectivity index is 1.47. The highest BCUT2D eigenvalue weighted by molar-refractivity contribution is 8.01. The third-order valence-electron chi connectivity index (χ3n) is 5.81. The fourth-order valence-electron chi connectivity index (χ4n) is 4.21. The molecule has 2 fully saturated rings. The first-order chi connectivity index (χ1) is 15.3. The van der Waals surface area contributed by atoms with E-state index in [0.717, 1.165) is 11.1 Å². The quantitative estimate of drug-likeness (QED) is 0.393. The van der Waals surface area contributed by atoms with Gasteiger partial charge < -0.3 is 19.7 Å². The number of nitrogens with one attached hydrogen (secondary N) is 1. The van der Waals surface area contributed by atoms with Crippen molar-refractivity contribution in [1.82, 2.24) is 10.2 Å². The lowest BCUT2D eigenvalue weighted by molar-refractivity contribution is -0.202. The lowest BCUT2D eigenvalue weighted by atomic mass is 9.93. The van der Waals surface area contributed by atoms with Crippen LogP contribution < -0.4 is 5.32 Å². The third-order valence-corrected chi connectivity index (χ3v) is 7.42. The molecular weight excluding hydrogens is 428 g/mol. The lowest BCUT2D eigenvalue weighted by Gasteiger charge is -2.51. The van der Waals surface area contributed by atoms with Crippen molar-refractivity contribution in [3.8, 4) is 0 Å². The highest BCUT2D eigenvalue weighted by atomic mass is 32.2. The summed E-state index contributed by atoms with van der Waals surface area (Å²) in [6.45, 7) is 3.92. The minimum absolute atomic E-state index is 0.128. The first kappa shape index (κ1) is 22.4. The van der Waals surface area contributed by atoms with Crippen LogP contribution in [0.3, 0.4) is 0 Å². The predicted octanol–water partition coefficient (Wildman–Crippen LogP) is 2.49. The minimum Gasteiger partial charge on any atom is -0.459 e. The monoisotopic (exact) mass is 454 g/mol. The molecule has 8 heteroatoms. The maximum Gasteiger partial charge on any atom is 0.330 e. The van der Waals surface area contributed by atoms with Gasteiger partial charge in [0.1, 0.15) is 18.0 Å². The molecule has 0 aliphatic carbocycles. The van der Waals surface area contributed by atoms with E-state index in [-0.39, 0.29) is 18.9 Å². The number of thioether (sulfide) groups is 1. The van der Waals surface area contributed by atoms with Crippen molar-refractivity contribution in [2.75, 3.05) is 7.11 Å². The van der Waals surface area contributed by atoms with Crippen LogP contribution in [-0.4, -0.2) is 51.7 Å². The lowest BCUT2D eigenvalue weighted by Crippen LogP contribution is -2.80. The zero-order valence-electron chi connectivity index (χ0n) is 18.2. The summed E-state index contributed by atoms with van der Waals surface area (Å²) < 4.78 is 10.5. The highest BCUT2D eigenvalue weighted by Crippen LogP contribution is 2.55. The van der Waals surface area contributed by atoms with Crippen LogP contribution >= 0.6 is 11.8 Å². The molecule has 2 aliphatic heterocycles. The number of fused-ring (bicyclic) bond motifs is 1. The van der Waals surface area contributed by atoms with Crippen LogP contribution in [0.1, 0.15) is 25.0 Å². The Labute approximate surface area is 191 Å². The summed E-state index contributed by atoms with van der Waals surface area (Å²) >= 11 is 1.42. The second kappa shape index (κ2) is 8.60. The Bertz CT molecular complexity index is 1010. The largest absolute Gasteiger partial charge is 0.459 e. The fourth-order valence-corrected chi connectivity index (χ4v) is 5.87. The van der Waals surface area contributed by atoms with E-state index in [4.69, 9.17) is 9.47 Å². The van der Waals surface area contributed by atoms with E-state index in [2.05, 4.69) is 5.32 Å². The molecule has 0 saturated carbocycles. The molecule has 0 unspecified atom stereocenters. The third kappa shape index (κ3) is 3.89. The topological polar surface area (TPSA) is 84.9 Å². The normalized spacial score (nSPS) is 25.6. The Morgan fingerprint density at radius 3 is 2.22 bits per heavy atom. The molecule has 2 heterocycles. The Morgan fingerprint density at radius 2 is 1.62 bits per heavy atom. The van der Waals surface area contributed by atoms with Crippen LogP contribution in [0.5, 0.6) is 0 Å². The highest BCUT2D eigenvalue weighted by Gasteiger charge is 2.73. The molecule has 168 valence electrons. The molecule has 0 spiro atoms. The van der Waals surface area contributed by atoms with E-state index in [9.17, 15) is 14.4 Å². The van der Waals surface area contributed by atoms with Gasteiger partial charge in [0.15, 0.2) is 0 Å². The Kier molecular flexibility index (Phi) is 6.01. The van der Waals surface area contributed by atoms with E-state index in [0.29, 0.717) is 0 Å². The minimum atomic E-state index is -1.50. The van der Waals surface area contributed by atoms with Crippen LogP contribution in [0, 0.1) is 0 Å². The van der Waals surface area contributed by atoms with Crippen LogP contribution in [0.25, 0.3) is 0 Å². The molecule has 0 aromatic heterocycles. The number of hydrogen-bond donors (Lipinski definition) is 1. The van der Waals surface area contributed by atoms with Gasteiger partial charge in [0, 0.05) is 11.9 Å². The van der Waals surface area contributed by atoms with E-state index >= 15 is 0 Å². The Morgan fingerprint density at radius 1 is 1.03 bits per heavy atom. The standard InChI is InChI=1S/C24H26N2O5S/c1-23(2)19(20(28)31-15-17-12-8-5-9-13-17)26-21(29)24(30-3,22(26)32-23)25-18(27)14-16-10-6-4-7-11-16/h4-13,19,22H,14-15H2,1-3H3,(H,25,27)/t19-,22+,24+/m0/s1. The number of carbonyl (C=O) groups excluding carboxylic acids is 3. The molecule has 4 rings (SSSR count). The van der Waals surface area contributed by atoms with Gasteiger partial charge in [0.05, 0.1) is 6.42 Å². The van der Waals surface area contributed by atoms with Gasteiger partial charge in [-0.15, -0.1) is 11.8 Å². The van der Waals surface area contributed by atoms with Gasteiger partial charge in [-0.2, -0.15) is 0 Å². The number of rotatable bonds is 7. The molecule has 32 heavy (non-hydrogen) atoms. The molecule has 3 atom stereocenters. The summed E-state index contributed by atoms with van der Waals surface area (Å²) in [6, 6.07) is 17.9. The maximum atomic E-state index is 13.2. The average Bonchev–Trinajstić information content (AvgIpc) is 3.06. The second-order valence-electron chi connectivity index (χ2n) is 8.43. The summed E-state index contributed by atoms with van der Waals surface area (Å²) in [5.41, 5.74) is 0.208. The van der Waals surface area contributed by atoms with Gasteiger partial charge in [0.2, 0.25) is 5.91 Å².